The molecule has 1 saturated carbocycles. The van der Waals surface area contributed by atoms with Gasteiger partial charge >= 0.3 is 0 Å². The molecule has 1 aliphatic heterocycles. The number of ether oxygens (including phenoxy) is 1. The summed E-state index contributed by atoms with van der Waals surface area (Å²) in [7, 11) is 0. The molecule has 0 aromatic rings. The number of hydrogen-bond donors (Lipinski definition) is 1. The summed E-state index contributed by atoms with van der Waals surface area (Å²) >= 11 is 0. The van der Waals surface area contributed by atoms with Gasteiger partial charge in [0.2, 0.25) is 0 Å². The molecule has 80 valence electrons. The molecule has 3 atom stereocenters. The molecule has 0 amide bonds. The van der Waals surface area contributed by atoms with Gasteiger partial charge in [0.05, 0.1) is 6.10 Å². The summed E-state index contributed by atoms with van der Waals surface area (Å²) in [6, 6.07) is 0. The fourth-order valence-electron chi connectivity index (χ4n) is 3.22. The van der Waals surface area contributed by atoms with Crippen molar-refractivity contribution in [3.8, 4) is 0 Å². The van der Waals surface area contributed by atoms with Crippen LogP contribution in [-0.4, -0.2) is 18.4 Å². The third-order valence-electron chi connectivity index (χ3n) is 4.06. The van der Waals surface area contributed by atoms with Crippen molar-refractivity contribution in [3.63, 3.8) is 0 Å². The molecule has 1 N–H and O–H groups in total. The van der Waals surface area contributed by atoms with Gasteiger partial charge in [0.1, 0.15) is 0 Å². The van der Waals surface area contributed by atoms with Gasteiger partial charge < -0.3 is 10.1 Å². The highest BCUT2D eigenvalue weighted by molar-refractivity contribution is 5.82. The lowest BCUT2D eigenvalue weighted by Crippen LogP contribution is -2.48. The first-order chi connectivity index (χ1) is 6.63. The summed E-state index contributed by atoms with van der Waals surface area (Å²) in [5.41, 5.74) is 1.19. The normalized spacial score (nSPS) is 43.0. The molecule has 2 fully saturated rings. The second-order valence-electron chi connectivity index (χ2n) is 5.23. The lowest BCUT2D eigenvalue weighted by Gasteiger charge is -2.48. The van der Waals surface area contributed by atoms with E-state index in [4.69, 9.17) is 10.1 Å². The van der Waals surface area contributed by atoms with E-state index in [0.29, 0.717) is 17.4 Å². The Balaban J connectivity index is 2.18. The molecule has 0 spiro atoms. The van der Waals surface area contributed by atoms with Gasteiger partial charge in [-0.05, 0) is 38.0 Å². The molecule has 2 aliphatic rings. The molecule has 0 aromatic heterocycles. The van der Waals surface area contributed by atoms with E-state index < -0.39 is 0 Å². The third kappa shape index (κ3) is 1.60. The minimum absolute atomic E-state index is 0.336. The zero-order chi connectivity index (χ0) is 10.2. The van der Waals surface area contributed by atoms with Gasteiger partial charge in [0, 0.05) is 18.2 Å². The highest BCUT2D eigenvalue weighted by Crippen LogP contribution is 2.46. The Hall–Kier alpha value is -0.370. The van der Waals surface area contributed by atoms with E-state index in [9.17, 15) is 0 Å². The maximum atomic E-state index is 7.82. The minimum Gasteiger partial charge on any atom is -0.377 e. The Morgan fingerprint density at radius 1 is 1.36 bits per heavy atom. The summed E-state index contributed by atoms with van der Waals surface area (Å²) in [6.07, 6.45) is 6.56. The van der Waals surface area contributed by atoms with Crippen molar-refractivity contribution in [2.75, 3.05) is 6.61 Å². The molecule has 1 heterocycles. The topological polar surface area (TPSA) is 33.1 Å². The van der Waals surface area contributed by atoms with Crippen molar-refractivity contribution in [3.05, 3.63) is 0 Å². The van der Waals surface area contributed by atoms with Gasteiger partial charge in [-0.2, -0.15) is 0 Å². The van der Waals surface area contributed by atoms with Crippen LogP contribution in [-0.2, 0) is 4.74 Å². The predicted octanol–water partition coefficient (Wildman–Crippen LogP) is 3.01. The average Bonchev–Trinajstić information content (AvgIpc) is 2.15. The summed E-state index contributed by atoms with van der Waals surface area (Å²) in [6.45, 7) is 5.20. The van der Waals surface area contributed by atoms with Crippen molar-refractivity contribution in [1.82, 2.24) is 0 Å². The smallest absolute Gasteiger partial charge is 0.0708 e. The number of rotatable bonds is 1. The molecule has 2 heteroatoms. The Morgan fingerprint density at radius 2 is 2.07 bits per heavy atom. The van der Waals surface area contributed by atoms with Crippen LogP contribution in [0.15, 0.2) is 0 Å². The summed E-state index contributed by atoms with van der Waals surface area (Å²) in [5.74, 6) is 0.397. The van der Waals surface area contributed by atoms with Gasteiger partial charge in [-0.3, -0.25) is 0 Å². The van der Waals surface area contributed by atoms with Crippen molar-refractivity contribution >= 4 is 5.71 Å². The van der Waals surface area contributed by atoms with Crippen molar-refractivity contribution in [2.24, 2.45) is 11.3 Å². The Kier molecular flexibility index (Phi) is 2.65. The molecule has 1 aliphatic carbocycles. The lowest BCUT2D eigenvalue weighted by molar-refractivity contribution is -0.113. The van der Waals surface area contributed by atoms with Crippen LogP contribution >= 0.6 is 0 Å². The summed E-state index contributed by atoms with van der Waals surface area (Å²) in [4.78, 5) is 0. The van der Waals surface area contributed by atoms with Gasteiger partial charge in [-0.25, -0.2) is 0 Å². The van der Waals surface area contributed by atoms with Crippen LogP contribution < -0.4 is 0 Å². The molecule has 14 heavy (non-hydrogen) atoms. The largest absolute Gasteiger partial charge is 0.377 e. The minimum atomic E-state index is 0.336. The van der Waals surface area contributed by atoms with Crippen LogP contribution in [0.4, 0.5) is 0 Å². The Labute approximate surface area is 86.5 Å². The Morgan fingerprint density at radius 3 is 2.79 bits per heavy atom. The van der Waals surface area contributed by atoms with Crippen LogP contribution in [0.25, 0.3) is 0 Å². The van der Waals surface area contributed by atoms with Crippen molar-refractivity contribution in [1.29, 1.82) is 5.41 Å². The highest BCUT2D eigenvalue weighted by atomic mass is 16.5. The first-order valence-electron chi connectivity index (χ1n) is 5.80. The van der Waals surface area contributed by atoms with Gasteiger partial charge in [0.15, 0.2) is 0 Å². The molecule has 0 radical (unpaired) electrons. The Bertz CT molecular complexity index is 234. The molecular formula is C12H21NO. The van der Waals surface area contributed by atoms with E-state index in [-0.39, 0.29) is 0 Å². The van der Waals surface area contributed by atoms with Gasteiger partial charge in [0.25, 0.3) is 0 Å². The number of nitrogens with one attached hydrogen (secondary N) is 1. The number of hydrogen-bond acceptors (Lipinski definition) is 2. The summed E-state index contributed by atoms with van der Waals surface area (Å²) < 4.78 is 5.92. The molecule has 0 bridgehead atoms. The van der Waals surface area contributed by atoms with Crippen LogP contribution in [0, 0.1) is 16.7 Å². The van der Waals surface area contributed by atoms with Gasteiger partial charge in [-0.15, -0.1) is 0 Å². The molecule has 2 nitrogen and oxygen atoms in total. The van der Waals surface area contributed by atoms with E-state index in [1.807, 2.05) is 6.92 Å². The van der Waals surface area contributed by atoms with Crippen LogP contribution in [0.1, 0.15) is 46.0 Å². The van der Waals surface area contributed by atoms with E-state index in [1.54, 1.807) is 0 Å². The maximum Gasteiger partial charge on any atom is 0.0708 e. The van der Waals surface area contributed by atoms with Crippen molar-refractivity contribution in [2.45, 2.75) is 52.1 Å². The van der Waals surface area contributed by atoms with E-state index in [1.165, 1.54) is 25.7 Å². The molecule has 0 aromatic carbocycles. The zero-order valence-corrected chi connectivity index (χ0v) is 9.31. The predicted molar refractivity (Wildman–Crippen MR) is 57.8 cm³/mol. The molecule has 2 rings (SSSR count). The van der Waals surface area contributed by atoms with Crippen LogP contribution in [0.3, 0.4) is 0 Å². The molecular weight excluding hydrogens is 174 g/mol. The van der Waals surface area contributed by atoms with Crippen molar-refractivity contribution < 1.29 is 4.74 Å². The SMILES string of the molecule is CC(=N)C1CCCC2(C)CCCOC12. The first kappa shape index (κ1) is 10.2. The molecule has 3 unspecified atom stereocenters. The monoisotopic (exact) mass is 195 g/mol. The van der Waals surface area contributed by atoms with Crippen LogP contribution in [0.2, 0.25) is 0 Å². The average molecular weight is 195 g/mol. The van der Waals surface area contributed by atoms with E-state index in [0.717, 1.165) is 18.7 Å². The fraction of sp³-hybridized carbons (Fsp3) is 0.917. The second-order valence-corrected chi connectivity index (χ2v) is 5.23. The zero-order valence-electron chi connectivity index (χ0n) is 9.31. The van der Waals surface area contributed by atoms with E-state index >= 15 is 0 Å². The second kappa shape index (κ2) is 3.65. The fourth-order valence-corrected chi connectivity index (χ4v) is 3.22. The quantitative estimate of drug-likeness (QED) is 0.641. The van der Waals surface area contributed by atoms with Crippen LogP contribution in [0.5, 0.6) is 0 Å². The van der Waals surface area contributed by atoms with Gasteiger partial charge in [-0.1, -0.05) is 13.3 Å². The lowest BCUT2D eigenvalue weighted by atomic mass is 9.64. The highest BCUT2D eigenvalue weighted by Gasteiger charge is 2.45. The third-order valence-corrected chi connectivity index (χ3v) is 4.06. The van der Waals surface area contributed by atoms with E-state index in [2.05, 4.69) is 6.92 Å². The summed E-state index contributed by atoms with van der Waals surface area (Å²) in [5, 5.41) is 7.82. The molecule has 1 saturated heterocycles. The first-order valence-corrected chi connectivity index (χ1v) is 5.80. The maximum absolute atomic E-state index is 7.82. The number of fused-ring (bicyclic) bond motifs is 1. The standard InChI is InChI=1S/C12H21NO/c1-9(13)10-5-3-6-12(2)7-4-8-14-11(10)12/h10-11,13H,3-8H2,1-2H3.